The molecule has 1 aliphatic heterocycles. The summed E-state index contributed by atoms with van der Waals surface area (Å²) in [6.45, 7) is 3.30. The van der Waals surface area contributed by atoms with Crippen LogP contribution in [0.1, 0.15) is 25.8 Å². The molecule has 1 saturated heterocycles. The summed E-state index contributed by atoms with van der Waals surface area (Å²) in [5, 5.41) is 9.01. The van der Waals surface area contributed by atoms with Crippen molar-refractivity contribution in [1.29, 1.82) is 0 Å². The summed E-state index contributed by atoms with van der Waals surface area (Å²) in [6, 6.07) is 1.42. The van der Waals surface area contributed by atoms with Gasteiger partial charge in [-0.2, -0.15) is 13.5 Å². The summed E-state index contributed by atoms with van der Waals surface area (Å²) in [6.07, 6.45) is 5.13. The van der Waals surface area contributed by atoms with Crippen LogP contribution in [-0.2, 0) is 15.0 Å². The molecule has 1 aromatic heterocycles. The maximum atomic E-state index is 12.4. The number of piperidine rings is 1. The Morgan fingerprint density at radius 3 is 2.95 bits per heavy atom. The highest BCUT2D eigenvalue weighted by Crippen LogP contribution is 2.19. The summed E-state index contributed by atoms with van der Waals surface area (Å²) in [4.78, 5) is 14.2. The van der Waals surface area contributed by atoms with Crippen LogP contribution >= 0.6 is 0 Å². The zero-order valence-corrected chi connectivity index (χ0v) is 12.8. The van der Waals surface area contributed by atoms with Crippen molar-refractivity contribution in [2.45, 2.75) is 25.8 Å². The maximum absolute atomic E-state index is 12.4. The average Bonchev–Trinajstić information content (AvgIpc) is 2.97. The fraction of sp³-hybridized carbons (Fsp3) is 0.667. The Labute approximate surface area is 124 Å². The highest BCUT2D eigenvalue weighted by molar-refractivity contribution is 7.87. The molecule has 2 heterocycles. The number of hydrogen-bond donors (Lipinski definition) is 2. The number of likely N-dealkylation sites (tertiary alicyclic amines) is 1. The number of amides is 1. The van der Waals surface area contributed by atoms with E-state index < -0.39 is 10.2 Å². The monoisotopic (exact) mass is 315 g/mol. The van der Waals surface area contributed by atoms with Crippen molar-refractivity contribution >= 4 is 16.1 Å². The Bertz CT molecular complexity index is 572. The molecule has 118 valence electrons. The summed E-state index contributed by atoms with van der Waals surface area (Å²) in [5.41, 5.74) is 0. The molecule has 1 amide bonds. The van der Waals surface area contributed by atoms with Crippen LogP contribution < -0.4 is 9.86 Å². The molecule has 8 nitrogen and oxygen atoms in total. The fourth-order valence-corrected chi connectivity index (χ4v) is 3.02. The Morgan fingerprint density at radius 1 is 1.57 bits per heavy atom. The molecule has 0 saturated carbocycles. The van der Waals surface area contributed by atoms with Gasteiger partial charge in [0.25, 0.3) is 10.2 Å². The van der Waals surface area contributed by atoms with Crippen LogP contribution in [-0.4, -0.2) is 48.6 Å². The maximum Gasteiger partial charge on any atom is 0.274 e. The molecule has 2 unspecified atom stereocenters. The minimum Gasteiger partial charge on any atom is -0.341 e. The number of hydrogen-bond acceptors (Lipinski definition) is 4. The molecule has 2 atom stereocenters. The third-order valence-corrected chi connectivity index (χ3v) is 4.25. The van der Waals surface area contributed by atoms with Gasteiger partial charge < -0.3 is 4.90 Å². The van der Waals surface area contributed by atoms with Crippen molar-refractivity contribution in [2.24, 2.45) is 11.1 Å². The molecule has 1 fully saturated rings. The molecule has 9 heteroatoms. The number of carbonyl (C=O) groups is 1. The molecule has 1 aliphatic rings. The summed E-state index contributed by atoms with van der Waals surface area (Å²) >= 11 is 0. The lowest BCUT2D eigenvalue weighted by atomic mass is 9.98. The van der Waals surface area contributed by atoms with E-state index in [2.05, 4.69) is 9.82 Å². The van der Waals surface area contributed by atoms with Gasteiger partial charge in [0.2, 0.25) is 5.91 Å². The lowest BCUT2D eigenvalue weighted by Gasteiger charge is -2.34. The van der Waals surface area contributed by atoms with E-state index >= 15 is 0 Å². The van der Waals surface area contributed by atoms with Gasteiger partial charge in [0.1, 0.15) is 6.04 Å². The van der Waals surface area contributed by atoms with Crippen LogP contribution in [0.25, 0.3) is 0 Å². The first-order valence-electron chi connectivity index (χ1n) is 6.92. The molecule has 21 heavy (non-hydrogen) atoms. The van der Waals surface area contributed by atoms with E-state index in [4.69, 9.17) is 5.14 Å². The van der Waals surface area contributed by atoms with Gasteiger partial charge in [0.05, 0.1) is 0 Å². The van der Waals surface area contributed by atoms with E-state index in [1.165, 1.54) is 0 Å². The lowest BCUT2D eigenvalue weighted by molar-refractivity contribution is -0.136. The van der Waals surface area contributed by atoms with Gasteiger partial charge in [-0.05, 0) is 31.7 Å². The molecular formula is C12H21N5O3S. The summed E-state index contributed by atoms with van der Waals surface area (Å²) in [7, 11) is -3.68. The van der Waals surface area contributed by atoms with Gasteiger partial charge in [0, 0.05) is 32.0 Å². The van der Waals surface area contributed by atoms with Gasteiger partial charge in [-0.15, -0.1) is 0 Å². The zero-order chi connectivity index (χ0) is 15.5. The highest BCUT2D eigenvalue weighted by atomic mass is 32.2. The lowest BCUT2D eigenvalue weighted by Crippen LogP contribution is -2.46. The van der Waals surface area contributed by atoms with E-state index in [0.29, 0.717) is 13.1 Å². The first-order chi connectivity index (χ1) is 9.87. The van der Waals surface area contributed by atoms with Crippen LogP contribution in [0.3, 0.4) is 0 Å². The second-order valence-corrected chi connectivity index (χ2v) is 6.73. The van der Waals surface area contributed by atoms with Crippen LogP contribution in [0.4, 0.5) is 0 Å². The second-order valence-electron chi connectivity index (χ2n) is 5.35. The molecule has 0 aromatic carbocycles. The van der Waals surface area contributed by atoms with Crippen molar-refractivity contribution in [2.75, 3.05) is 19.6 Å². The molecule has 2 rings (SSSR count). The number of nitrogens with zero attached hydrogens (tertiary/aromatic N) is 3. The number of nitrogens with one attached hydrogen (secondary N) is 1. The van der Waals surface area contributed by atoms with E-state index in [9.17, 15) is 13.2 Å². The van der Waals surface area contributed by atoms with E-state index in [1.807, 2.05) is 6.92 Å². The largest absolute Gasteiger partial charge is 0.341 e. The second kappa shape index (κ2) is 6.54. The van der Waals surface area contributed by atoms with Gasteiger partial charge in [-0.25, -0.2) is 9.86 Å². The first kappa shape index (κ1) is 15.9. The van der Waals surface area contributed by atoms with Crippen molar-refractivity contribution < 1.29 is 13.2 Å². The SMILES string of the molecule is CC(C(=O)N1CCCC(CNS(N)(=O)=O)C1)n1cccn1. The number of rotatable bonds is 5. The van der Waals surface area contributed by atoms with Crippen LogP contribution in [0, 0.1) is 5.92 Å². The Hall–Kier alpha value is -1.45. The number of aromatic nitrogens is 2. The Kier molecular flexibility index (Phi) is 4.96. The van der Waals surface area contributed by atoms with E-state index in [-0.39, 0.29) is 24.4 Å². The highest BCUT2D eigenvalue weighted by Gasteiger charge is 2.28. The standard InChI is InChI=1S/C12H21N5O3S/c1-10(17-7-3-5-14-17)12(18)16-6-2-4-11(9-16)8-15-21(13,19)20/h3,5,7,10-11,15H,2,4,6,8-9H2,1H3,(H2,13,19,20). The number of nitrogens with two attached hydrogens (primary N) is 1. The topological polar surface area (TPSA) is 110 Å². The van der Waals surface area contributed by atoms with Gasteiger partial charge in [-0.3, -0.25) is 9.48 Å². The van der Waals surface area contributed by atoms with Crippen molar-refractivity contribution in [3.8, 4) is 0 Å². The third-order valence-electron chi connectivity index (χ3n) is 3.68. The zero-order valence-electron chi connectivity index (χ0n) is 12.0. The van der Waals surface area contributed by atoms with Crippen LogP contribution in [0.2, 0.25) is 0 Å². The van der Waals surface area contributed by atoms with E-state index in [1.54, 1.807) is 28.0 Å². The molecule has 3 N–H and O–H groups in total. The van der Waals surface area contributed by atoms with E-state index in [0.717, 1.165) is 12.8 Å². The minimum atomic E-state index is -3.68. The van der Waals surface area contributed by atoms with Gasteiger partial charge in [0.15, 0.2) is 0 Å². The minimum absolute atomic E-state index is 0.000921. The molecule has 0 spiro atoms. The van der Waals surface area contributed by atoms with Crippen molar-refractivity contribution in [3.63, 3.8) is 0 Å². The van der Waals surface area contributed by atoms with Crippen molar-refractivity contribution in [1.82, 2.24) is 19.4 Å². The Balaban J connectivity index is 1.92. The molecule has 0 aliphatic carbocycles. The fourth-order valence-electron chi connectivity index (χ4n) is 2.55. The molecular weight excluding hydrogens is 294 g/mol. The average molecular weight is 315 g/mol. The van der Waals surface area contributed by atoms with Crippen molar-refractivity contribution in [3.05, 3.63) is 18.5 Å². The normalized spacial score (nSPS) is 21.2. The van der Waals surface area contributed by atoms with Gasteiger partial charge >= 0.3 is 0 Å². The van der Waals surface area contributed by atoms with Crippen LogP contribution in [0.5, 0.6) is 0 Å². The third kappa shape index (κ3) is 4.51. The predicted molar refractivity (Wildman–Crippen MR) is 77.4 cm³/mol. The predicted octanol–water partition coefficient (Wildman–Crippen LogP) is -0.524. The summed E-state index contributed by atoms with van der Waals surface area (Å²) in [5.74, 6) is 0.0878. The summed E-state index contributed by atoms with van der Waals surface area (Å²) < 4.78 is 25.8. The van der Waals surface area contributed by atoms with Gasteiger partial charge in [-0.1, -0.05) is 0 Å². The first-order valence-corrected chi connectivity index (χ1v) is 8.47. The molecule has 0 bridgehead atoms. The molecule has 1 aromatic rings. The quantitative estimate of drug-likeness (QED) is 0.761. The smallest absolute Gasteiger partial charge is 0.274 e. The van der Waals surface area contributed by atoms with Crippen LogP contribution in [0.15, 0.2) is 18.5 Å². The number of carbonyl (C=O) groups excluding carboxylic acids is 1. The molecule has 0 radical (unpaired) electrons. The Morgan fingerprint density at radius 2 is 2.33 bits per heavy atom.